The van der Waals surface area contributed by atoms with Gasteiger partial charge in [0.25, 0.3) is 5.89 Å². The lowest BCUT2D eigenvalue weighted by molar-refractivity contribution is 0.153. The second kappa shape index (κ2) is 5.16. The van der Waals surface area contributed by atoms with E-state index < -0.39 is 6.10 Å². The van der Waals surface area contributed by atoms with Crippen molar-refractivity contribution in [3.8, 4) is 10.8 Å². The molecular formula is C11H13ClN2O2S. The highest BCUT2D eigenvalue weighted by molar-refractivity contribution is 7.14. The Morgan fingerprint density at radius 3 is 2.94 bits per heavy atom. The third-order valence-corrected chi connectivity index (χ3v) is 4.08. The average Bonchev–Trinajstić information content (AvgIpc) is 2.88. The van der Waals surface area contributed by atoms with Gasteiger partial charge in [-0.2, -0.15) is 4.98 Å². The largest absolute Gasteiger partial charge is 0.385 e. The van der Waals surface area contributed by atoms with Gasteiger partial charge in [0.15, 0.2) is 0 Å². The molecule has 0 amide bonds. The van der Waals surface area contributed by atoms with Gasteiger partial charge in [-0.25, -0.2) is 0 Å². The van der Waals surface area contributed by atoms with Crippen molar-refractivity contribution < 1.29 is 9.63 Å². The topological polar surface area (TPSA) is 59.2 Å². The summed E-state index contributed by atoms with van der Waals surface area (Å²) in [6.45, 7) is 3.91. The maximum atomic E-state index is 9.74. The van der Waals surface area contributed by atoms with E-state index in [0.29, 0.717) is 23.2 Å². The van der Waals surface area contributed by atoms with Gasteiger partial charge in [0.1, 0.15) is 11.0 Å². The molecule has 2 heterocycles. The van der Waals surface area contributed by atoms with Crippen LogP contribution in [0.1, 0.15) is 37.3 Å². The van der Waals surface area contributed by atoms with E-state index in [9.17, 15) is 5.11 Å². The normalized spacial score (nSPS) is 12.9. The van der Waals surface area contributed by atoms with E-state index in [0.717, 1.165) is 16.9 Å². The zero-order valence-electron chi connectivity index (χ0n) is 9.61. The molecule has 0 aromatic carbocycles. The van der Waals surface area contributed by atoms with Crippen molar-refractivity contribution in [3.05, 3.63) is 21.8 Å². The highest BCUT2D eigenvalue weighted by Gasteiger charge is 2.19. The van der Waals surface area contributed by atoms with E-state index in [1.54, 1.807) is 0 Å². The number of nitrogens with zero attached hydrogens (tertiary/aromatic N) is 2. The Hall–Kier alpha value is -0.910. The Labute approximate surface area is 108 Å². The highest BCUT2D eigenvalue weighted by atomic mass is 35.5. The number of rotatable bonds is 4. The minimum Gasteiger partial charge on any atom is -0.385 e. The predicted molar refractivity (Wildman–Crippen MR) is 67.2 cm³/mol. The van der Waals surface area contributed by atoms with Crippen LogP contribution in [0.25, 0.3) is 10.8 Å². The lowest BCUT2D eigenvalue weighted by Crippen LogP contribution is -1.98. The summed E-state index contributed by atoms with van der Waals surface area (Å²) in [5, 5.41) is 16.1. The molecule has 1 unspecified atom stereocenters. The number of aryl methyl sites for hydroxylation is 1. The van der Waals surface area contributed by atoms with Crippen molar-refractivity contribution >= 4 is 22.9 Å². The molecule has 0 bridgehead atoms. The third kappa shape index (κ3) is 2.51. The van der Waals surface area contributed by atoms with Crippen molar-refractivity contribution in [2.24, 2.45) is 0 Å². The molecule has 2 aromatic rings. The summed E-state index contributed by atoms with van der Waals surface area (Å²) in [5.41, 5.74) is 0.987. The van der Waals surface area contributed by atoms with Crippen molar-refractivity contribution in [2.75, 3.05) is 0 Å². The number of halogens is 1. The van der Waals surface area contributed by atoms with Crippen molar-refractivity contribution in [3.63, 3.8) is 0 Å². The molecule has 92 valence electrons. The van der Waals surface area contributed by atoms with E-state index in [2.05, 4.69) is 10.1 Å². The van der Waals surface area contributed by atoms with Gasteiger partial charge in [-0.3, -0.25) is 0 Å². The SMILES string of the molecule is CCCC(O)c1noc(-c2scc(C)c2Cl)n1. The Kier molecular flexibility index (Phi) is 3.81. The van der Waals surface area contributed by atoms with Crippen LogP contribution < -0.4 is 0 Å². The highest BCUT2D eigenvalue weighted by Crippen LogP contribution is 2.35. The second-order valence-corrected chi connectivity index (χ2v) is 5.08. The van der Waals surface area contributed by atoms with Crippen LogP contribution in [-0.4, -0.2) is 15.2 Å². The number of aliphatic hydroxyl groups is 1. The molecule has 4 nitrogen and oxygen atoms in total. The Bertz CT molecular complexity index is 509. The fourth-order valence-electron chi connectivity index (χ4n) is 1.44. The summed E-state index contributed by atoms with van der Waals surface area (Å²) < 4.78 is 5.12. The maximum Gasteiger partial charge on any atom is 0.269 e. The van der Waals surface area contributed by atoms with Gasteiger partial charge < -0.3 is 9.63 Å². The molecule has 6 heteroatoms. The van der Waals surface area contributed by atoms with Crippen LogP contribution in [0.15, 0.2) is 9.90 Å². The van der Waals surface area contributed by atoms with Crippen LogP contribution >= 0.6 is 22.9 Å². The molecule has 1 atom stereocenters. The zero-order valence-corrected chi connectivity index (χ0v) is 11.2. The van der Waals surface area contributed by atoms with E-state index >= 15 is 0 Å². The Morgan fingerprint density at radius 1 is 1.59 bits per heavy atom. The van der Waals surface area contributed by atoms with Crippen LogP contribution in [0, 0.1) is 6.92 Å². The predicted octanol–water partition coefficient (Wildman–Crippen LogP) is 3.59. The monoisotopic (exact) mass is 272 g/mol. The molecule has 0 saturated carbocycles. The fourth-order valence-corrected chi connectivity index (χ4v) is 2.63. The molecule has 0 radical (unpaired) electrons. The molecule has 0 aliphatic carbocycles. The number of hydrogen-bond acceptors (Lipinski definition) is 5. The molecule has 0 saturated heterocycles. The lowest BCUT2D eigenvalue weighted by Gasteiger charge is -2.01. The summed E-state index contributed by atoms with van der Waals surface area (Å²) in [6, 6.07) is 0. The standard InChI is InChI=1S/C11H13ClN2O2S/c1-3-4-7(15)10-13-11(16-14-10)9-8(12)6(2)5-17-9/h5,7,15H,3-4H2,1-2H3. The van der Waals surface area contributed by atoms with Gasteiger partial charge in [0.2, 0.25) is 5.82 Å². The molecular weight excluding hydrogens is 260 g/mol. The molecule has 2 rings (SSSR count). The first-order chi connectivity index (χ1) is 8.13. The van der Waals surface area contributed by atoms with Gasteiger partial charge in [0.05, 0.1) is 5.02 Å². The quantitative estimate of drug-likeness (QED) is 0.924. The summed E-state index contributed by atoms with van der Waals surface area (Å²) in [5.74, 6) is 0.697. The first-order valence-corrected chi connectivity index (χ1v) is 6.64. The number of aliphatic hydroxyl groups excluding tert-OH is 1. The summed E-state index contributed by atoms with van der Waals surface area (Å²) in [7, 11) is 0. The number of aromatic nitrogens is 2. The van der Waals surface area contributed by atoms with Gasteiger partial charge in [-0.1, -0.05) is 30.1 Å². The van der Waals surface area contributed by atoms with E-state index in [1.165, 1.54) is 11.3 Å². The maximum absolute atomic E-state index is 9.74. The third-order valence-electron chi connectivity index (χ3n) is 2.40. The van der Waals surface area contributed by atoms with Crippen LogP contribution in [-0.2, 0) is 0 Å². The van der Waals surface area contributed by atoms with Crippen molar-refractivity contribution in [2.45, 2.75) is 32.8 Å². The lowest BCUT2D eigenvalue weighted by atomic mass is 10.2. The zero-order chi connectivity index (χ0) is 12.4. The van der Waals surface area contributed by atoms with Gasteiger partial charge in [0, 0.05) is 0 Å². The first kappa shape index (κ1) is 12.5. The number of hydrogen-bond donors (Lipinski definition) is 1. The van der Waals surface area contributed by atoms with Crippen molar-refractivity contribution in [1.82, 2.24) is 10.1 Å². The summed E-state index contributed by atoms with van der Waals surface area (Å²) in [4.78, 5) is 4.93. The Morgan fingerprint density at radius 2 is 2.35 bits per heavy atom. The van der Waals surface area contributed by atoms with E-state index in [4.69, 9.17) is 16.1 Å². The number of thiophene rings is 1. The molecule has 0 fully saturated rings. The molecule has 0 aliphatic heterocycles. The molecule has 0 spiro atoms. The van der Waals surface area contributed by atoms with Crippen LogP contribution in [0.2, 0.25) is 5.02 Å². The summed E-state index contributed by atoms with van der Waals surface area (Å²) >= 11 is 7.57. The van der Waals surface area contributed by atoms with E-state index in [1.807, 2.05) is 19.2 Å². The van der Waals surface area contributed by atoms with Crippen LogP contribution in [0.5, 0.6) is 0 Å². The fraction of sp³-hybridized carbons (Fsp3) is 0.455. The minimum atomic E-state index is -0.669. The molecule has 0 aliphatic rings. The average molecular weight is 273 g/mol. The Balaban J connectivity index is 2.27. The molecule has 2 aromatic heterocycles. The van der Waals surface area contributed by atoms with Gasteiger partial charge >= 0.3 is 0 Å². The smallest absolute Gasteiger partial charge is 0.269 e. The molecule has 1 N–H and O–H groups in total. The van der Waals surface area contributed by atoms with Crippen LogP contribution in [0.3, 0.4) is 0 Å². The second-order valence-electron chi connectivity index (χ2n) is 3.82. The van der Waals surface area contributed by atoms with Gasteiger partial charge in [-0.15, -0.1) is 11.3 Å². The van der Waals surface area contributed by atoms with Crippen LogP contribution in [0.4, 0.5) is 0 Å². The van der Waals surface area contributed by atoms with Crippen molar-refractivity contribution in [1.29, 1.82) is 0 Å². The minimum absolute atomic E-state index is 0.323. The summed E-state index contributed by atoms with van der Waals surface area (Å²) in [6.07, 6.45) is 0.817. The van der Waals surface area contributed by atoms with E-state index in [-0.39, 0.29) is 0 Å². The molecule has 17 heavy (non-hydrogen) atoms. The first-order valence-electron chi connectivity index (χ1n) is 5.39. The van der Waals surface area contributed by atoms with Gasteiger partial charge in [-0.05, 0) is 24.3 Å².